The van der Waals surface area contributed by atoms with Gasteiger partial charge in [0, 0.05) is 22.7 Å². The van der Waals surface area contributed by atoms with Gasteiger partial charge in [0.05, 0.1) is 4.91 Å². The van der Waals surface area contributed by atoms with Crippen LogP contribution < -0.4 is 0 Å². The monoisotopic (exact) mass is 253 g/mol. The van der Waals surface area contributed by atoms with Crippen LogP contribution in [0.15, 0.2) is 39.9 Å². The molecule has 0 saturated carbocycles. The molecule has 5 heteroatoms. The summed E-state index contributed by atoms with van der Waals surface area (Å²) >= 11 is 0. The van der Waals surface area contributed by atoms with Crippen molar-refractivity contribution in [2.45, 2.75) is 20.8 Å². The number of hydrogen-bond donors (Lipinski definition) is 1. The molecule has 1 heterocycles. The highest BCUT2D eigenvalue weighted by molar-refractivity contribution is 7.90. The number of allylic oxidation sites excluding steroid dienone is 4. The molecule has 2 aliphatic rings. The van der Waals surface area contributed by atoms with Gasteiger partial charge in [-0.05, 0) is 25.2 Å². The normalized spacial score (nSPS) is 26.8. The van der Waals surface area contributed by atoms with E-state index in [0.29, 0.717) is 0 Å². The van der Waals surface area contributed by atoms with Crippen molar-refractivity contribution >= 4 is 15.8 Å². The minimum atomic E-state index is -4.15. The minimum Gasteiger partial charge on any atom is -0.282 e. The van der Waals surface area contributed by atoms with Crippen LogP contribution in [0.1, 0.15) is 20.8 Å². The van der Waals surface area contributed by atoms with Gasteiger partial charge in [-0.3, -0.25) is 9.55 Å². The topological polar surface area (TPSA) is 66.7 Å². The van der Waals surface area contributed by atoms with Crippen molar-refractivity contribution in [3.63, 3.8) is 0 Å². The number of aliphatic imine (C=N–C) groups is 1. The van der Waals surface area contributed by atoms with E-state index in [9.17, 15) is 8.42 Å². The summed E-state index contributed by atoms with van der Waals surface area (Å²) in [5.74, 6) is 0.0537. The fourth-order valence-corrected chi connectivity index (χ4v) is 2.56. The Morgan fingerprint density at radius 2 is 2.00 bits per heavy atom. The average molecular weight is 253 g/mol. The Balaban J connectivity index is 2.50. The molecule has 0 amide bonds. The molecule has 1 aliphatic heterocycles. The summed E-state index contributed by atoms with van der Waals surface area (Å²) in [4.78, 5) is 4.35. The Hall–Kier alpha value is -1.20. The zero-order chi connectivity index (χ0) is 12.8. The van der Waals surface area contributed by atoms with Gasteiger partial charge in [0.1, 0.15) is 0 Å². The van der Waals surface area contributed by atoms with Gasteiger partial charge in [-0.2, -0.15) is 8.42 Å². The predicted molar refractivity (Wildman–Crippen MR) is 67.2 cm³/mol. The first-order valence-electron chi connectivity index (χ1n) is 5.36. The van der Waals surface area contributed by atoms with E-state index < -0.39 is 10.1 Å². The van der Waals surface area contributed by atoms with Crippen LogP contribution in [0.5, 0.6) is 0 Å². The summed E-state index contributed by atoms with van der Waals surface area (Å²) in [6, 6.07) is 0. The Kier molecular flexibility index (Phi) is 2.63. The molecule has 0 aromatic rings. The third-order valence-corrected chi connectivity index (χ3v) is 4.36. The van der Waals surface area contributed by atoms with Crippen LogP contribution in [0.4, 0.5) is 0 Å². The van der Waals surface area contributed by atoms with Gasteiger partial charge in [-0.15, -0.1) is 0 Å². The number of fused-ring (bicyclic) bond motifs is 1. The molecule has 0 fully saturated rings. The lowest BCUT2D eigenvalue weighted by Gasteiger charge is -2.24. The highest BCUT2D eigenvalue weighted by Crippen LogP contribution is 2.42. The highest BCUT2D eigenvalue weighted by atomic mass is 32.2. The van der Waals surface area contributed by atoms with Crippen LogP contribution in [0.25, 0.3) is 0 Å². The van der Waals surface area contributed by atoms with Crippen molar-refractivity contribution in [3.8, 4) is 0 Å². The zero-order valence-electron chi connectivity index (χ0n) is 10.0. The molecule has 0 aromatic heterocycles. The second-order valence-electron chi connectivity index (χ2n) is 4.89. The van der Waals surface area contributed by atoms with Crippen LogP contribution in [-0.2, 0) is 10.1 Å². The molecular formula is C12H15NO3S. The average Bonchev–Trinajstić information content (AvgIpc) is 2.39. The van der Waals surface area contributed by atoms with E-state index in [1.165, 1.54) is 12.2 Å². The van der Waals surface area contributed by atoms with E-state index in [-0.39, 0.29) is 16.2 Å². The maximum Gasteiger partial charge on any atom is 0.294 e. The Morgan fingerprint density at radius 1 is 1.35 bits per heavy atom. The summed E-state index contributed by atoms with van der Waals surface area (Å²) in [6.45, 7) is 6.11. The molecule has 1 unspecified atom stereocenters. The van der Waals surface area contributed by atoms with Crippen LogP contribution >= 0.6 is 0 Å². The molecule has 0 spiro atoms. The standard InChI is InChI=1S/C12H15NO3S/c1-8-12(2,3)10-6-4-9(17(14,15)16)5-7-11(10)13-8/h4-7,10H,1-3H3,(H,14,15,16). The van der Waals surface area contributed by atoms with Crippen LogP contribution in [0.3, 0.4) is 0 Å². The van der Waals surface area contributed by atoms with E-state index in [0.717, 1.165) is 11.4 Å². The zero-order valence-corrected chi connectivity index (χ0v) is 10.8. The quantitative estimate of drug-likeness (QED) is 0.729. The fraction of sp³-hybridized carbons (Fsp3) is 0.417. The summed E-state index contributed by atoms with van der Waals surface area (Å²) in [5.41, 5.74) is 1.75. The van der Waals surface area contributed by atoms with E-state index >= 15 is 0 Å². The van der Waals surface area contributed by atoms with E-state index in [1.807, 2.05) is 6.92 Å². The van der Waals surface area contributed by atoms with Crippen molar-refractivity contribution in [3.05, 3.63) is 34.9 Å². The minimum absolute atomic E-state index is 0.0537. The van der Waals surface area contributed by atoms with Gasteiger partial charge in [0.2, 0.25) is 0 Å². The van der Waals surface area contributed by atoms with Crippen molar-refractivity contribution in [2.24, 2.45) is 16.3 Å². The highest BCUT2D eigenvalue weighted by Gasteiger charge is 2.39. The van der Waals surface area contributed by atoms with Gasteiger partial charge in [-0.1, -0.05) is 19.9 Å². The van der Waals surface area contributed by atoms with Crippen LogP contribution in [0.2, 0.25) is 0 Å². The molecular weight excluding hydrogens is 238 g/mol. The molecule has 17 heavy (non-hydrogen) atoms. The van der Waals surface area contributed by atoms with Crippen LogP contribution in [0, 0.1) is 11.3 Å². The lowest BCUT2D eigenvalue weighted by molar-refractivity contribution is 0.443. The lowest BCUT2D eigenvalue weighted by Crippen LogP contribution is -2.25. The fourth-order valence-electron chi connectivity index (χ4n) is 2.07. The molecule has 0 saturated heterocycles. The van der Waals surface area contributed by atoms with E-state index in [1.54, 1.807) is 12.2 Å². The molecule has 1 N–H and O–H groups in total. The van der Waals surface area contributed by atoms with Gasteiger partial charge >= 0.3 is 0 Å². The maximum absolute atomic E-state index is 11.1. The van der Waals surface area contributed by atoms with Gasteiger partial charge < -0.3 is 0 Å². The summed E-state index contributed by atoms with van der Waals surface area (Å²) < 4.78 is 31.1. The number of rotatable bonds is 1. The lowest BCUT2D eigenvalue weighted by atomic mass is 9.76. The largest absolute Gasteiger partial charge is 0.294 e. The van der Waals surface area contributed by atoms with Crippen LogP contribution in [-0.4, -0.2) is 18.7 Å². The molecule has 4 nitrogen and oxygen atoms in total. The second-order valence-corrected chi connectivity index (χ2v) is 6.31. The second kappa shape index (κ2) is 3.65. The first-order valence-corrected chi connectivity index (χ1v) is 6.80. The molecule has 2 rings (SSSR count). The first-order chi connectivity index (χ1) is 7.73. The third-order valence-electron chi connectivity index (χ3n) is 3.49. The van der Waals surface area contributed by atoms with Gasteiger partial charge in [0.25, 0.3) is 10.1 Å². The van der Waals surface area contributed by atoms with Gasteiger partial charge in [-0.25, -0.2) is 0 Å². The molecule has 0 bridgehead atoms. The Labute approximate surface area is 101 Å². The molecule has 1 atom stereocenters. The molecule has 1 aliphatic carbocycles. The number of nitrogens with zero attached hydrogens (tertiary/aromatic N) is 1. The van der Waals surface area contributed by atoms with E-state index in [4.69, 9.17) is 4.55 Å². The van der Waals surface area contributed by atoms with Crippen molar-refractivity contribution in [2.75, 3.05) is 0 Å². The molecule has 0 radical (unpaired) electrons. The molecule has 0 aromatic carbocycles. The van der Waals surface area contributed by atoms with Crippen molar-refractivity contribution in [1.29, 1.82) is 0 Å². The predicted octanol–water partition coefficient (Wildman–Crippen LogP) is 2.33. The summed E-state index contributed by atoms with van der Waals surface area (Å²) in [6.07, 6.45) is 6.28. The SMILES string of the molecule is CC1=NC2=CC=C(S(=O)(=O)O)C=CC2C1(C)C. The summed E-state index contributed by atoms with van der Waals surface area (Å²) in [5, 5.41) is 0. The molecule has 92 valence electrons. The third kappa shape index (κ3) is 2.00. The maximum atomic E-state index is 11.1. The smallest absolute Gasteiger partial charge is 0.282 e. The Bertz CT molecular complexity index is 577. The van der Waals surface area contributed by atoms with E-state index in [2.05, 4.69) is 18.8 Å². The van der Waals surface area contributed by atoms with Gasteiger partial charge in [0.15, 0.2) is 0 Å². The van der Waals surface area contributed by atoms with Crippen molar-refractivity contribution in [1.82, 2.24) is 0 Å². The Morgan fingerprint density at radius 3 is 2.59 bits per heavy atom. The summed E-state index contributed by atoms with van der Waals surface area (Å²) in [7, 11) is -4.15. The van der Waals surface area contributed by atoms with Crippen molar-refractivity contribution < 1.29 is 13.0 Å². The first kappa shape index (κ1) is 12.3. The number of hydrogen-bond acceptors (Lipinski definition) is 3.